The predicted octanol–water partition coefficient (Wildman–Crippen LogP) is 7.31. The standard InChI is InChI=1S/C28H25ClFNO3S/c1-17-10-12-31(16-17)13-11-18-2-6-21(7-3-18)34-27-23-9-5-20(32)15-25(23)35-28(27)26(33)22-8-4-19(30)14-24(22)29/h2-9,14-15,17,32H,10-13,16H2,1H3/t17-/m0/s1. The number of ether oxygens (including phenoxy) is 1. The quantitative estimate of drug-likeness (QED) is 0.265. The maximum Gasteiger partial charge on any atom is 0.208 e. The van der Waals surface area contributed by atoms with Gasteiger partial charge in [0.15, 0.2) is 5.75 Å². The van der Waals surface area contributed by atoms with Crippen LogP contribution in [-0.4, -0.2) is 35.4 Å². The van der Waals surface area contributed by atoms with Crippen LogP contribution in [0.3, 0.4) is 0 Å². The lowest BCUT2D eigenvalue weighted by molar-refractivity contribution is 0.104. The van der Waals surface area contributed by atoms with Gasteiger partial charge >= 0.3 is 0 Å². The maximum atomic E-state index is 13.5. The monoisotopic (exact) mass is 509 g/mol. The fourth-order valence-electron chi connectivity index (χ4n) is 4.47. The second kappa shape index (κ2) is 9.97. The number of ketones is 1. The van der Waals surface area contributed by atoms with Crippen LogP contribution < -0.4 is 4.74 Å². The molecule has 1 aliphatic rings. The zero-order chi connectivity index (χ0) is 24.5. The Kier molecular flexibility index (Phi) is 6.78. The zero-order valence-corrected chi connectivity index (χ0v) is 20.8. The Morgan fingerprint density at radius 1 is 1.17 bits per heavy atom. The van der Waals surface area contributed by atoms with Gasteiger partial charge in [-0.2, -0.15) is 0 Å². The molecule has 5 rings (SSSR count). The van der Waals surface area contributed by atoms with E-state index in [0.717, 1.165) is 38.0 Å². The van der Waals surface area contributed by atoms with Crippen molar-refractivity contribution in [1.82, 2.24) is 4.90 Å². The van der Waals surface area contributed by atoms with Gasteiger partial charge in [0, 0.05) is 28.7 Å². The second-order valence-electron chi connectivity index (χ2n) is 9.08. The molecular weight excluding hydrogens is 485 g/mol. The van der Waals surface area contributed by atoms with Gasteiger partial charge in [0.2, 0.25) is 5.78 Å². The molecule has 180 valence electrons. The van der Waals surface area contributed by atoms with Crippen LogP contribution in [0.15, 0.2) is 60.7 Å². The van der Waals surface area contributed by atoms with E-state index in [1.165, 1.54) is 35.5 Å². The number of benzene rings is 3. The van der Waals surface area contributed by atoms with Crippen molar-refractivity contribution < 1.29 is 19.0 Å². The molecule has 0 unspecified atom stereocenters. The number of aromatic hydroxyl groups is 1. The Bertz CT molecular complexity index is 1390. The van der Waals surface area contributed by atoms with Gasteiger partial charge in [-0.1, -0.05) is 30.7 Å². The highest BCUT2D eigenvalue weighted by molar-refractivity contribution is 7.21. The number of halogens is 2. The van der Waals surface area contributed by atoms with E-state index >= 15 is 0 Å². The third-order valence-electron chi connectivity index (χ3n) is 6.38. The van der Waals surface area contributed by atoms with Crippen LogP contribution >= 0.6 is 22.9 Å². The van der Waals surface area contributed by atoms with Crippen LogP contribution in [0.5, 0.6) is 17.2 Å². The molecule has 3 aromatic carbocycles. The molecule has 1 saturated heterocycles. The molecular formula is C28H25ClFNO3S. The lowest BCUT2D eigenvalue weighted by Gasteiger charge is -2.15. The smallest absolute Gasteiger partial charge is 0.208 e. The van der Waals surface area contributed by atoms with Crippen molar-refractivity contribution in [3.63, 3.8) is 0 Å². The number of carbonyl (C=O) groups is 1. The number of hydrogen-bond donors (Lipinski definition) is 1. The van der Waals surface area contributed by atoms with Gasteiger partial charge in [-0.05, 0) is 79.4 Å². The van der Waals surface area contributed by atoms with Gasteiger partial charge in [-0.3, -0.25) is 4.79 Å². The van der Waals surface area contributed by atoms with E-state index in [4.69, 9.17) is 16.3 Å². The summed E-state index contributed by atoms with van der Waals surface area (Å²) in [5, 5.41) is 10.7. The van der Waals surface area contributed by atoms with E-state index in [2.05, 4.69) is 11.8 Å². The summed E-state index contributed by atoms with van der Waals surface area (Å²) in [5.74, 6) is 1.01. The molecule has 1 N–H and O–H groups in total. The Morgan fingerprint density at radius 2 is 1.97 bits per heavy atom. The molecule has 2 heterocycles. The fraction of sp³-hybridized carbons (Fsp3) is 0.250. The number of rotatable bonds is 7. The Morgan fingerprint density at radius 3 is 2.69 bits per heavy atom. The molecule has 0 radical (unpaired) electrons. The lowest BCUT2D eigenvalue weighted by atomic mass is 10.1. The van der Waals surface area contributed by atoms with Crippen molar-refractivity contribution in [2.24, 2.45) is 5.92 Å². The highest BCUT2D eigenvalue weighted by Crippen LogP contribution is 2.43. The first kappa shape index (κ1) is 23.8. The van der Waals surface area contributed by atoms with Gasteiger partial charge < -0.3 is 14.7 Å². The molecule has 1 aliphatic heterocycles. The number of nitrogens with zero attached hydrogens (tertiary/aromatic N) is 1. The summed E-state index contributed by atoms with van der Waals surface area (Å²) in [6.07, 6.45) is 2.24. The Labute approximate surface area is 212 Å². The molecule has 4 nitrogen and oxygen atoms in total. The van der Waals surface area contributed by atoms with Crippen LogP contribution in [0, 0.1) is 11.7 Å². The Hall–Kier alpha value is -2.93. The number of phenolic OH excluding ortho intramolecular Hbond substituents is 1. The molecule has 1 atom stereocenters. The van der Waals surface area contributed by atoms with E-state index in [1.54, 1.807) is 18.2 Å². The van der Waals surface area contributed by atoms with Gasteiger partial charge in [0.1, 0.15) is 22.2 Å². The van der Waals surface area contributed by atoms with E-state index in [1.807, 2.05) is 24.3 Å². The van der Waals surface area contributed by atoms with Crippen molar-refractivity contribution in [2.45, 2.75) is 19.8 Å². The number of phenols is 1. The summed E-state index contributed by atoms with van der Waals surface area (Å²) < 4.78 is 20.5. The summed E-state index contributed by atoms with van der Waals surface area (Å²) in [7, 11) is 0. The largest absolute Gasteiger partial charge is 0.508 e. The number of thiophene rings is 1. The summed E-state index contributed by atoms with van der Waals surface area (Å²) in [6.45, 7) is 5.67. The average molecular weight is 510 g/mol. The van der Waals surface area contributed by atoms with Crippen molar-refractivity contribution in [2.75, 3.05) is 19.6 Å². The van der Waals surface area contributed by atoms with Gasteiger partial charge in [0.25, 0.3) is 0 Å². The summed E-state index contributed by atoms with van der Waals surface area (Å²) in [5.41, 5.74) is 1.42. The molecule has 0 saturated carbocycles. The maximum absolute atomic E-state index is 13.5. The molecule has 1 aromatic heterocycles. The highest BCUT2D eigenvalue weighted by atomic mass is 35.5. The number of hydrogen-bond acceptors (Lipinski definition) is 5. The summed E-state index contributed by atoms with van der Waals surface area (Å²) >= 11 is 7.38. The molecule has 4 aromatic rings. The summed E-state index contributed by atoms with van der Waals surface area (Å²) in [4.78, 5) is 16.2. The first-order valence-corrected chi connectivity index (χ1v) is 12.8. The van der Waals surface area contributed by atoms with E-state index in [0.29, 0.717) is 26.5 Å². The van der Waals surface area contributed by atoms with E-state index < -0.39 is 5.82 Å². The minimum Gasteiger partial charge on any atom is -0.508 e. The van der Waals surface area contributed by atoms with Crippen molar-refractivity contribution in [1.29, 1.82) is 0 Å². The second-order valence-corrected chi connectivity index (χ2v) is 10.5. The third-order valence-corrected chi connectivity index (χ3v) is 7.82. The van der Waals surface area contributed by atoms with Crippen molar-refractivity contribution in [3.8, 4) is 17.2 Å². The van der Waals surface area contributed by atoms with E-state index in [9.17, 15) is 14.3 Å². The summed E-state index contributed by atoms with van der Waals surface area (Å²) in [6, 6.07) is 16.5. The number of likely N-dealkylation sites (tertiary alicyclic amines) is 1. The third kappa shape index (κ3) is 5.20. The molecule has 1 fully saturated rings. The highest BCUT2D eigenvalue weighted by Gasteiger charge is 2.24. The average Bonchev–Trinajstić information content (AvgIpc) is 3.41. The normalized spacial score (nSPS) is 16.1. The predicted molar refractivity (Wildman–Crippen MR) is 139 cm³/mol. The molecule has 0 bridgehead atoms. The Balaban J connectivity index is 1.41. The number of carbonyl (C=O) groups excluding carboxylic acids is 1. The van der Waals surface area contributed by atoms with Crippen molar-refractivity contribution in [3.05, 3.63) is 87.5 Å². The number of fused-ring (bicyclic) bond motifs is 1. The van der Waals surface area contributed by atoms with Crippen LogP contribution in [0.4, 0.5) is 4.39 Å². The SMILES string of the molecule is C[C@H]1CCN(CCc2ccc(Oc3c(C(=O)c4ccc(F)cc4Cl)sc4cc(O)ccc34)cc2)C1. The molecule has 7 heteroatoms. The van der Waals surface area contributed by atoms with E-state index in [-0.39, 0.29) is 22.1 Å². The topological polar surface area (TPSA) is 49.8 Å². The van der Waals surface area contributed by atoms with Crippen molar-refractivity contribution >= 4 is 38.8 Å². The van der Waals surface area contributed by atoms with Crippen LogP contribution in [-0.2, 0) is 6.42 Å². The fourth-order valence-corrected chi connectivity index (χ4v) is 5.84. The lowest BCUT2D eigenvalue weighted by Crippen LogP contribution is -2.22. The van der Waals surface area contributed by atoms with Crippen LogP contribution in [0.25, 0.3) is 10.1 Å². The minimum atomic E-state index is -0.511. The van der Waals surface area contributed by atoms with Gasteiger partial charge in [-0.25, -0.2) is 4.39 Å². The first-order valence-electron chi connectivity index (χ1n) is 11.6. The first-order chi connectivity index (χ1) is 16.9. The molecule has 0 amide bonds. The van der Waals surface area contributed by atoms with Gasteiger partial charge in [-0.15, -0.1) is 11.3 Å². The van der Waals surface area contributed by atoms with Crippen LogP contribution in [0.1, 0.15) is 34.1 Å². The zero-order valence-electron chi connectivity index (χ0n) is 19.3. The molecule has 35 heavy (non-hydrogen) atoms. The molecule has 0 spiro atoms. The van der Waals surface area contributed by atoms with Crippen LogP contribution in [0.2, 0.25) is 5.02 Å². The minimum absolute atomic E-state index is 0.0398. The molecule has 0 aliphatic carbocycles. The van der Waals surface area contributed by atoms with Gasteiger partial charge in [0.05, 0.1) is 5.02 Å².